The molecule has 0 spiro atoms. The zero-order valence-corrected chi connectivity index (χ0v) is 17.1. The topological polar surface area (TPSA) is 49.0 Å². The molecule has 0 aliphatic carbocycles. The third-order valence-electron chi connectivity index (χ3n) is 5.65. The van der Waals surface area contributed by atoms with Crippen molar-refractivity contribution in [1.29, 1.82) is 0 Å². The first-order valence-corrected chi connectivity index (χ1v) is 10.4. The first-order valence-electron chi connectivity index (χ1n) is 10.0. The number of H-pyrrole nitrogens is 1. The van der Waals surface area contributed by atoms with Crippen molar-refractivity contribution in [1.82, 2.24) is 15.1 Å². The number of nitrogens with one attached hydrogen (secondary N) is 1. The SMILES string of the molecule is O=C(CCc1ccccc1Cl)N1CCC[C@H](c2[nH]ncc2-c2ccc(F)c(F)c2)C1. The van der Waals surface area contributed by atoms with Gasteiger partial charge in [0.2, 0.25) is 5.91 Å². The number of benzene rings is 2. The van der Waals surface area contributed by atoms with Crippen LogP contribution in [0.2, 0.25) is 5.02 Å². The molecule has 3 aromatic rings. The molecule has 0 radical (unpaired) electrons. The molecule has 2 aromatic carbocycles. The highest BCUT2D eigenvalue weighted by molar-refractivity contribution is 6.31. The Bertz CT molecular complexity index is 1050. The summed E-state index contributed by atoms with van der Waals surface area (Å²) in [5.41, 5.74) is 3.13. The Morgan fingerprint density at radius 1 is 1.20 bits per heavy atom. The van der Waals surface area contributed by atoms with Crippen LogP contribution in [-0.2, 0) is 11.2 Å². The van der Waals surface area contributed by atoms with Crippen LogP contribution in [0.1, 0.15) is 36.4 Å². The van der Waals surface area contributed by atoms with Crippen LogP contribution in [0.4, 0.5) is 8.78 Å². The molecule has 1 fully saturated rings. The van der Waals surface area contributed by atoms with Crippen molar-refractivity contribution in [2.24, 2.45) is 0 Å². The van der Waals surface area contributed by atoms with E-state index in [2.05, 4.69) is 10.2 Å². The van der Waals surface area contributed by atoms with E-state index in [0.29, 0.717) is 36.5 Å². The average molecular weight is 430 g/mol. The van der Waals surface area contributed by atoms with E-state index in [1.165, 1.54) is 6.07 Å². The molecule has 1 N–H and O–H groups in total. The minimum Gasteiger partial charge on any atom is -0.342 e. The van der Waals surface area contributed by atoms with E-state index < -0.39 is 11.6 Å². The van der Waals surface area contributed by atoms with Crippen LogP contribution < -0.4 is 0 Å². The number of carbonyl (C=O) groups excluding carboxylic acids is 1. The van der Waals surface area contributed by atoms with Crippen LogP contribution in [0, 0.1) is 11.6 Å². The molecule has 7 heteroatoms. The summed E-state index contributed by atoms with van der Waals surface area (Å²) in [4.78, 5) is 14.7. The molecular formula is C23H22ClF2N3O. The number of hydrogen-bond donors (Lipinski definition) is 1. The van der Waals surface area contributed by atoms with E-state index in [1.807, 2.05) is 29.2 Å². The van der Waals surface area contributed by atoms with Gasteiger partial charge in [-0.2, -0.15) is 5.10 Å². The summed E-state index contributed by atoms with van der Waals surface area (Å²) in [6.07, 6.45) is 4.39. The van der Waals surface area contributed by atoms with Gasteiger partial charge in [0.05, 0.1) is 6.20 Å². The Kier molecular flexibility index (Phi) is 6.13. The fourth-order valence-corrected chi connectivity index (χ4v) is 4.27. The van der Waals surface area contributed by atoms with Gasteiger partial charge in [-0.15, -0.1) is 0 Å². The smallest absolute Gasteiger partial charge is 0.222 e. The first kappa shape index (κ1) is 20.5. The highest BCUT2D eigenvalue weighted by Gasteiger charge is 2.27. The van der Waals surface area contributed by atoms with E-state index >= 15 is 0 Å². The summed E-state index contributed by atoms with van der Waals surface area (Å²) in [6.45, 7) is 1.28. The van der Waals surface area contributed by atoms with E-state index in [9.17, 15) is 13.6 Å². The van der Waals surface area contributed by atoms with Gasteiger partial charge in [0.15, 0.2) is 11.6 Å². The van der Waals surface area contributed by atoms with Gasteiger partial charge in [0.25, 0.3) is 0 Å². The Morgan fingerprint density at radius 3 is 2.83 bits per heavy atom. The van der Waals surface area contributed by atoms with E-state index in [0.717, 1.165) is 35.7 Å². The minimum absolute atomic E-state index is 0.0635. The predicted molar refractivity (Wildman–Crippen MR) is 112 cm³/mol. The molecule has 1 aliphatic rings. The molecule has 1 aromatic heterocycles. The lowest BCUT2D eigenvalue weighted by molar-refractivity contribution is -0.132. The van der Waals surface area contributed by atoms with Crippen LogP contribution in [0.3, 0.4) is 0 Å². The van der Waals surface area contributed by atoms with Crippen LogP contribution in [0.25, 0.3) is 11.1 Å². The fraction of sp³-hybridized carbons (Fsp3) is 0.304. The maximum Gasteiger partial charge on any atom is 0.222 e. The van der Waals surface area contributed by atoms with Gasteiger partial charge in [0, 0.05) is 41.7 Å². The van der Waals surface area contributed by atoms with Crippen molar-refractivity contribution < 1.29 is 13.6 Å². The summed E-state index contributed by atoms with van der Waals surface area (Å²) in [5.74, 6) is -1.61. The van der Waals surface area contributed by atoms with Gasteiger partial charge in [0.1, 0.15) is 0 Å². The molecule has 156 valence electrons. The maximum atomic E-state index is 13.7. The average Bonchev–Trinajstić information content (AvgIpc) is 3.25. The Morgan fingerprint density at radius 2 is 2.03 bits per heavy atom. The summed E-state index contributed by atoms with van der Waals surface area (Å²) in [5, 5.41) is 7.81. The van der Waals surface area contributed by atoms with E-state index in [-0.39, 0.29) is 11.8 Å². The van der Waals surface area contributed by atoms with Crippen LogP contribution >= 0.6 is 11.6 Å². The van der Waals surface area contributed by atoms with Gasteiger partial charge in [-0.3, -0.25) is 9.89 Å². The van der Waals surface area contributed by atoms with Crippen molar-refractivity contribution in [3.05, 3.63) is 76.6 Å². The predicted octanol–water partition coefficient (Wildman–Crippen LogP) is 5.35. The third kappa shape index (κ3) is 4.38. The summed E-state index contributed by atoms with van der Waals surface area (Å²) in [7, 11) is 0. The van der Waals surface area contributed by atoms with Crippen LogP contribution in [0.5, 0.6) is 0 Å². The van der Waals surface area contributed by atoms with Crippen molar-refractivity contribution in [3.63, 3.8) is 0 Å². The summed E-state index contributed by atoms with van der Waals surface area (Å²) in [6, 6.07) is 11.4. The first-order chi connectivity index (χ1) is 14.5. The molecule has 30 heavy (non-hydrogen) atoms. The number of aromatic amines is 1. The number of likely N-dealkylation sites (tertiary alicyclic amines) is 1. The van der Waals surface area contributed by atoms with Crippen LogP contribution in [-0.4, -0.2) is 34.1 Å². The zero-order chi connectivity index (χ0) is 21.1. The molecule has 1 atom stereocenters. The van der Waals surface area contributed by atoms with E-state index in [1.54, 1.807) is 12.3 Å². The van der Waals surface area contributed by atoms with Gasteiger partial charge in [-0.25, -0.2) is 8.78 Å². The molecule has 4 rings (SSSR count). The summed E-state index contributed by atoms with van der Waals surface area (Å²) < 4.78 is 27.0. The number of piperidine rings is 1. The lowest BCUT2D eigenvalue weighted by Crippen LogP contribution is -2.39. The molecule has 0 saturated carbocycles. The number of rotatable bonds is 5. The Balaban J connectivity index is 1.46. The number of carbonyl (C=O) groups is 1. The molecule has 1 saturated heterocycles. The lowest BCUT2D eigenvalue weighted by Gasteiger charge is -2.33. The fourth-order valence-electron chi connectivity index (χ4n) is 4.04. The highest BCUT2D eigenvalue weighted by Crippen LogP contribution is 2.33. The molecule has 0 bridgehead atoms. The molecular weight excluding hydrogens is 408 g/mol. The quantitative estimate of drug-likeness (QED) is 0.594. The van der Waals surface area contributed by atoms with Gasteiger partial charge in [-0.05, 0) is 48.6 Å². The van der Waals surface area contributed by atoms with Gasteiger partial charge in [-0.1, -0.05) is 35.9 Å². The number of aryl methyl sites for hydroxylation is 1. The van der Waals surface area contributed by atoms with Crippen LogP contribution in [0.15, 0.2) is 48.7 Å². The summed E-state index contributed by atoms with van der Waals surface area (Å²) >= 11 is 6.19. The van der Waals surface area contributed by atoms with E-state index in [4.69, 9.17) is 11.6 Å². The second kappa shape index (κ2) is 8.96. The normalized spacial score (nSPS) is 16.6. The Hall–Kier alpha value is -2.73. The molecule has 4 nitrogen and oxygen atoms in total. The number of aromatic nitrogens is 2. The lowest BCUT2D eigenvalue weighted by atomic mass is 9.90. The third-order valence-corrected chi connectivity index (χ3v) is 6.02. The molecule has 2 heterocycles. The standard InChI is InChI=1S/C23H22ClF2N3O/c24-19-6-2-1-4-15(19)8-10-22(30)29-11-3-5-17(14-29)23-18(13-27-28-23)16-7-9-20(25)21(26)12-16/h1-2,4,6-7,9,12-13,17H,3,5,8,10-11,14H2,(H,27,28)/t17-/m0/s1. The van der Waals surface area contributed by atoms with Gasteiger partial charge < -0.3 is 4.90 Å². The number of halogens is 3. The maximum absolute atomic E-state index is 13.7. The van der Waals surface area contributed by atoms with Crippen molar-refractivity contribution >= 4 is 17.5 Å². The Labute approximate surface area is 178 Å². The number of hydrogen-bond acceptors (Lipinski definition) is 2. The minimum atomic E-state index is -0.889. The van der Waals surface area contributed by atoms with Crippen molar-refractivity contribution in [2.45, 2.75) is 31.6 Å². The molecule has 1 amide bonds. The second-order valence-corrected chi connectivity index (χ2v) is 8.00. The van der Waals surface area contributed by atoms with Crippen molar-refractivity contribution in [2.75, 3.05) is 13.1 Å². The number of amides is 1. The highest BCUT2D eigenvalue weighted by atomic mass is 35.5. The largest absolute Gasteiger partial charge is 0.342 e. The van der Waals surface area contributed by atoms with Crippen molar-refractivity contribution in [3.8, 4) is 11.1 Å². The molecule has 0 unspecified atom stereocenters. The number of nitrogens with zero attached hydrogens (tertiary/aromatic N) is 2. The van der Waals surface area contributed by atoms with Gasteiger partial charge >= 0.3 is 0 Å². The monoisotopic (exact) mass is 429 g/mol. The second-order valence-electron chi connectivity index (χ2n) is 7.60. The molecule has 1 aliphatic heterocycles. The zero-order valence-electron chi connectivity index (χ0n) is 16.4.